The van der Waals surface area contributed by atoms with Gasteiger partial charge in [0, 0.05) is 46.3 Å². The molecule has 0 atom stereocenters. The van der Waals surface area contributed by atoms with E-state index in [1.54, 1.807) is 26.0 Å². The molecule has 0 amide bonds. The molecule has 0 aliphatic rings. The molecule has 0 saturated heterocycles. The third kappa shape index (κ3) is 14.3. The number of benzene rings is 2. The Morgan fingerprint density at radius 3 is 1.17 bits per heavy atom. The number of halogens is 4. The van der Waals surface area contributed by atoms with Crippen molar-refractivity contribution in [3.8, 4) is 11.5 Å². The summed E-state index contributed by atoms with van der Waals surface area (Å²) in [7, 11) is 0. The van der Waals surface area contributed by atoms with Crippen molar-refractivity contribution in [1.29, 1.82) is 0 Å². The van der Waals surface area contributed by atoms with Crippen molar-refractivity contribution in [2.75, 3.05) is 39.4 Å². The minimum atomic E-state index is -0.193. The largest absolute Gasteiger partial charge is 4.00 e. The van der Waals surface area contributed by atoms with E-state index in [-0.39, 0.29) is 56.5 Å². The van der Waals surface area contributed by atoms with Crippen molar-refractivity contribution in [3.63, 3.8) is 0 Å². The summed E-state index contributed by atoms with van der Waals surface area (Å²) in [5.41, 5.74) is 1.15. The molecule has 0 N–H and O–H groups in total. The maximum atomic E-state index is 12.2. The van der Waals surface area contributed by atoms with E-state index in [9.17, 15) is 10.2 Å². The molecule has 0 unspecified atom stereocenters. The van der Waals surface area contributed by atoms with Gasteiger partial charge in [-0.25, -0.2) is 0 Å². The molecular weight excluding hydrogens is 570 g/mol. The van der Waals surface area contributed by atoms with Crippen LogP contribution < -0.4 is 20.4 Å². The Kier molecular flexibility index (Phi) is 21.9. The van der Waals surface area contributed by atoms with Gasteiger partial charge in [0.15, 0.2) is 0 Å². The molecular formula is C24H32Cl4N2O4Ti. The minimum absolute atomic E-state index is 0. The fourth-order valence-electron chi connectivity index (χ4n) is 2.92. The fourth-order valence-corrected chi connectivity index (χ4v) is 4.00. The summed E-state index contributed by atoms with van der Waals surface area (Å²) in [4.78, 5) is 4.27. The number of nitrogens with zero attached hydrogens (tertiary/aromatic N) is 2. The normalized spacial score (nSPS) is 10.3. The first-order chi connectivity index (χ1) is 16.1. The number of likely N-dealkylation sites (N-methyl/N-ethyl adjacent to an activating group) is 2. The molecule has 0 aliphatic carbocycles. The first-order valence-corrected chi connectivity index (χ1v) is 12.5. The van der Waals surface area contributed by atoms with Crippen LogP contribution in [0.3, 0.4) is 0 Å². The van der Waals surface area contributed by atoms with Gasteiger partial charge in [-0.3, -0.25) is 9.80 Å². The zero-order valence-electron chi connectivity index (χ0n) is 20.5. The number of hydrogen-bond donors (Lipinski definition) is 0. The Morgan fingerprint density at radius 2 is 0.914 bits per heavy atom. The number of hydrogen-bond acceptors (Lipinski definition) is 6. The van der Waals surface area contributed by atoms with E-state index in [2.05, 4.69) is 9.80 Å². The van der Waals surface area contributed by atoms with Crippen LogP contribution in [0.4, 0.5) is 0 Å². The van der Waals surface area contributed by atoms with E-state index in [0.29, 0.717) is 34.3 Å². The van der Waals surface area contributed by atoms with Crippen LogP contribution >= 0.6 is 46.4 Å². The van der Waals surface area contributed by atoms with Crippen molar-refractivity contribution in [1.82, 2.24) is 9.80 Å². The molecule has 0 saturated carbocycles. The molecule has 0 heterocycles. The zero-order chi connectivity index (χ0) is 26.3. The second-order valence-electron chi connectivity index (χ2n) is 7.07. The van der Waals surface area contributed by atoms with Crippen LogP contribution in [0.5, 0.6) is 11.5 Å². The first kappa shape index (κ1) is 36.9. The molecule has 0 spiro atoms. The summed E-state index contributed by atoms with van der Waals surface area (Å²) in [6.45, 7) is 11.1. The van der Waals surface area contributed by atoms with Crippen LogP contribution in [-0.4, -0.2) is 49.2 Å². The van der Waals surface area contributed by atoms with Crippen molar-refractivity contribution < 1.29 is 42.1 Å². The molecule has 0 aliphatic heterocycles. The molecule has 0 radical (unpaired) electrons. The van der Waals surface area contributed by atoms with Gasteiger partial charge in [-0.1, -0.05) is 85.6 Å². The van der Waals surface area contributed by atoms with Gasteiger partial charge in [0.05, 0.1) is 0 Å². The molecule has 0 aromatic heterocycles. The Bertz CT molecular complexity index is 793. The van der Waals surface area contributed by atoms with Gasteiger partial charge in [-0.15, -0.1) is 13.2 Å². The first-order valence-electron chi connectivity index (χ1n) is 11.0. The zero-order valence-corrected chi connectivity index (χ0v) is 25.1. The minimum Gasteiger partial charge on any atom is -0.871 e. The van der Waals surface area contributed by atoms with Gasteiger partial charge >= 0.3 is 21.7 Å². The summed E-state index contributed by atoms with van der Waals surface area (Å²) in [5.74, 6) is -0.386. The third-order valence-corrected chi connectivity index (χ3v) is 5.58. The van der Waals surface area contributed by atoms with E-state index >= 15 is 0 Å². The third-order valence-electron chi connectivity index (χ3n) is 4.59. The van der Waals surface area contributed by atoms with E-state index < -0.39 is 0 Å². The molecule has 0 bridgehead atoms. The molecule has 35 heavy (non-hydrogen) atoms. The van der Waals surface area contributed by atoms with Crippen LogP contribution in [-0.2, 0) is 34.8 Å². The maximum Gasteiger partial charge on any atom is 4.00 e. The van der Waals surface area contributed by atoms with Crippen molar-refractivity contribution in [2.24, 2.45) is 0 Å². The Hall–Kier alpha value is -0.246. The molecule has 2 rings (SSSR count). The van der Waals surface area contributed by atoms with E-state index in [4.69, 9.17) is 56.6 Å². The van der Waals surface area contributed by atoms with Gasteiger partial charge in [0.1, 0.15) is 0 Å². The standard InChI is InChI=1S/C20H24Cl4N2O2.2C2H5O.Ti/c1-3-25(11-13-7-15(21)9-17(23)19(13)27)5-6-26(4-2)12-14-8-16(22)10-18(24)20(14)28;2*1-2-3;/h7-10,27-28H,3-6,11-12H2,1-2H3;2*2H2,1H3;/q;2*-1;+4/p-2. The molecule has 11 heteroatoms. The van der Waals surface area contributed by atoms with Crippen molar-refractivity contribution >= 4 is 46.4 Å². The molecule has 2 aromatic rings. The van der Waals surface area contributed by atoms with Gasteiger partial charge in [-0.2, -0.15) is 0 Å². The van der Waals surface area contributed by atoms with Gasteiger partial charge < -0.3 is 20.4 Å². The van der Waals surface area contributed by atoms with Gasteiger partial charge in [0.2, 0.25) is 0 Å². The summed E-state index contributed by atoms with van der Waals surface area (Å²) >= 11 is 24.0. The average Bonchev–Trinajstić information content (AvgIpc) is 2.77. The van der Waals surface area contributed by atoms with Crippen molar-refractivity contribution in [3.05, 3.63) is 55.5 Å². The van der Waals surface area contributed by atoms with Crippen LogP contribution in [0.1, 0.15) is 38.8 Å². The topological polar surface area (TPSA) is 98.7 Å². The number of rotatable bonds is 9. The van der Waals surface area contributed by atoms with Crippen LogP contribution in [0, 0.1) is 0 Å². The second-order valence-corrected chi connectivity index (χ2v) is 8.75. The van der Waals surface area contributed by atoms with E-state index in [0.717, 1.165) is 26.2 Å². The van der Waals surface area contributed by atoms with E-state index in [1.807, 2.05) is 13.8 Å². The predicted molar refractivity (Wildman–Crippen MR) is 135 cm³/mol. The van der Waals surface area contributed by atoms with Crippen LogP contribution in [0.15, 0.2) is 24.3 Å². The quantitative estimate of drug-likeness (QED) is 0.408. The van der Waals surface area contributed by atoms with Gasteiger partial charge in [0.25, 0.3) is 0 Å². The van der Waals surface area contributed by atoms with E-state index in [1.165, 1.54) is 12.1 Å². The monoisotopic (exact) mass is 600 g/mol. The Morgan fingerprint density at radius 1 is 0.629 bits per heavy atom. The summed E-state index contributed by atoms with van der Waals surface area (Å²) in [5, 5.41) is 43.5. The molecule has 194 valence electrons. The SMILES string of the molecule is CCN(CCN(CC)Cc1cc(Cl)cc(Cl)c1[O-])Cc1cc(Cl)cc(Cl)c1[O-].CC[O-].CC[O-].[Ti+4]. The van der Waals surface area contributed by atoms with Crippen molar-refractivity contribution in [2.45, 2.75) is 40.8 Å². The van der Waals surface area contributed by atoms with Gasteiger partial charge in [-0.05, 0) is 48.5 Å². The predicted octanol–water partition coefficient (Wildman–Crippen LogP) is 3.52. The maximum absolute atomic E-state index is 12.2. The molecule has 2 aromatic carbocycles. The smallest absolute Gasteiger partial charge is 0.871 e. The summed E-state index contributed by atoms with van der Waals surface area (Å²) < 4.78 is 0. The summed E-state index contributed by atoms with van der Waals surface area (Å²) in [6, 6.07) is 6.24. The average molecular weight is 602 g/mol. The molecule has 0 fully saturated rings. The van der Waals surface area contributed by atoms with Crippen LogP contribution in [0.25, 0.3) is 0 Å². The fraction of sp³-hybridized carbons (Fsp3) is 0.500. The summed E-state index contributed by atoms with van der Waals surface area (Å²) in [6.07, 6.45) is 0. The van der Waals surface area contributed by atoms with Crippen LogP contribution in [0.2, 0.25) is 20.1 Å². The Balaban J connectivity index is 0. The molecule has 6 nitrogen and oxygen atoms in total. The second kappa shape index (κ2) is 20.8. The Labute approximate surface area is 244 Å².